The second kappa shape index (κ2) is 7.87. The van der Waals surface area contributed by atoms with E-state index in [0.29, 0.717) is 36.8 Å². The zero-order valence-electron chi connectivity index (χ0n) is 18.5. The Labute approximate surface area is 183 Å². The lowest BCUT2D eigenvalue weighted by Gasteiger charge is -2.25. The van der Waals surface area contributed by atoms with Crippen molar-refractivity contribution in [3.63, 3.8) is 0 Å². The van der Waals surface area contributed by atoms with E-state index in [1.807, 2.05) is 26.8 Å². The summed E-state index contributed by atoms with van der Waals surface area (Å²) in [7, 11) is -0.671. The summed E-state index contributed by atoms with van der Waals surface area (Å²) >= 11 is 0. The van der Waals surface area contributed by atoms with Crippen molar-refractivity contribution >= 4 is 21.7 Å². The standard InChI is InChI=1S/C22H28N4O4S/c1-13(2)15-8-9-18(30-5)19(11-15)31(28,29)26-10-6-7-17(26)21-23-14(3)16-12-20(27)25(4)22(16)24-21/h8-9,11,13,17H,6-7,10,12H2,1-5H3/t17-/m1/s1. The normalized spacial score (nSPS) is 19.4. The van der Waals surface area contributed by atoms with Crippen LogP contribution in [0.2, 0.25) is 0 Å². The molecular formula is C22H28N4O4S. The Kier molecular flexibility index (Phi) is 5.51. The SMILES string of the molecule is COc1ccc(C(C)C)cc1S(=O)(=O)N1CCC[C@@H]1c1nc(C)c2c(n1)N(C)C(=O)C2. The third kappa shape index (κ3) is 3.59. The number of anilines is 1. The number of hydrogen-bond donors (Lipinski definition) is 0. The number of carbonyl (C=O) groups is 1. The number of fused-ring (bicyclic) bond motifs is 1. The number of nitrogens with zero attached hydrogens (tertiary/aromatic N) is 4. The lowest BCUT2D eigenvalue weighted by Crippen LogP contribution is -2.32. The van der Waals surface area contributed by atoms with E-state index in [9.17, 15) is 13.2 Å². The molecule has 2 aliphatic rings. The molecule has 1 aromatic carbocycles. The molecule has 0 bridgehead atoms. The zero-order chi connectivity index (χ0) is 22.5. The van der Waals surface area contributed by atoms with Crippen LogP contribution in [0.4, 0.5) is 5.82 Å². The molecule has 1 fully saturated rings. The number of aromatic nitrogens is 2. The van der Waals surface area contributed by atoms with Crippen LogP contribution in [0, 0.1) is 6.92 Å². The quantitative estimate of drug-likeness (QED) is 0.704. The number of rotatable bonds is 5. The maximum absolute atomic E-state index is 13.7. The number of benzene rings is 1. The minimum Gasteiger partial charge on any atom is -0.495 e. The largest absolute Gasteiger partial charge is 0.495 e. The van der Waals surface area contributed by atoms with Gasteiger partial charge in [0.1, 0.15) is 22.3 Å². The third-order valence-electron chi connectivity index (χ3n) is 6.17. The maximum atomic E-state index is 13.7. The third-order valence-corrected chi connectivity index (χ3v) is 8.10. The van der Waals surface area contributed by atoms with Gasteiger partial charge in [-0.1, -0.05) is 19.9 Å². The Morgan fingerprint density at radius 3 is 2.65 bits per heavy atom. The van der Waals surface area contributed by atoms with E-state index < -0.39 is 16.1 Å². The van der Waals surface area contributed by atoms with Gasteiger partial charge in [-0.25, -0.2) is 18.4 Å². The Morgan fingerprint density at radius 2 is 1.97 bits per heavy atom. The Bertz CT molecular complexity index is 1150. The topological polar surface area (TPSA) is 92.7 Å². The maximum Gasteiger partial charge on any atom is 0.247 e. The van der Waals surface area contributed by atoms with Crippen LogP contribution in [0.15, 0.2) is 23.1 Å². The number of likely N-dealkylation sites (N-methyl/N-ethyl adjacent to an activating group) is 1. The number of hydrogen-bond acceptors (Lipinski definition) is 6. The van der Waals surface area contributed by atoms with Crippen LogP contribution >= 0.6 is 0 Å². The summed E-state index contributed by atoms with van der Waals surface area (Å²) in [6.45, 7) is 6.28. The van der Waals surface area contributed by atoms with Gasteiger partial charge >= 0.3 is 0 Å². The minimum atomic E-state index is -3.84. The van der Waals surface area contributed by atoms with E-state index in [1.165, 1.54) is 16.3 Å². The average Bonchev–Trinajstić information content (AvgIpc) is 3.34. The van der Waals surface area contributed by atoms with Crippen molar-refractivity contribution < 1.29 is 17.9 Å². The van der Waals surface area contributed by atoms with Crippen LogP contribution < -0.4 is 9.64 Å². The predicted molar refractivity (Wildman–Crippen MR) is 117 cm³/mol. The van der Waals surface area contributed by atoms with Gasteiger partial charge in [-0.15, -0.1) is 0 Å². The van der Waals surface area contributed by atoms with E-state index >= 15 is 0 Å². The monoisotopic (exact) mass is 444 g/mol. The lowest BCUT2D eigenvalue weighted by molar-refractivity contribution is -0.117. The van der Waals surface area contributed by atoms with Crippen LogP contribution in [-0.4, -0.2) is 49.3 Å². The molecule has 0 spiro atoms. The first-order chi connectivity index (χ1) is 14.6. The number of ether oxygens (including phenoxy) is 1. The van der Waals surface area contributed by atoms with E-state index in [4.69, 9.17) is 4.74 Å². The van der Waals surface area contributed by atoms with Gasteiger partial charge in [-0.3, -0.25) is 9.69 Å². The average molecular weight is 445 g/mol. The number of aryl methyl sites for hydroxylation is 1. The summed E-state index contributed by atoms with van der Waals surface area (Å²) in [6, 6.07) is 4.83. The molecule has 2 aromatic rings. The van der Waals surface area contributed by atoms with Gasteiger partial charge < -0.3 is 4.74 Å². The van der Waals surface area contributed by atoms with Gasteiger partial charge in [-0.05, 0) is 43.4 Å². The molecule has 166 valence electrons. The summed E-state index contributed by atoms with van der Waals surface area (Å²) in [5.74, 6) is 1.50. The lowest BCUT2D eigenvalue weighted by atomic mass is 10.0. The molecule has 1 amide bonds. The summed E-state index contributed by atoms with van der Waals surface area (Å²) in [4.78, 5) is 23.1. The first kappa shape index (κ1) is 21.7. The summed E-state index contributed by atoms with van der Waals surface area (Å²) in [5.41, 5.74) is 2.47. The highest BCUT2D eigenvalue weighted by Crippen LogP contribution is 2.40. The zero-order valence-corrected chi connectivity index (χ0v) is 19.4. The smallest absolute Gasteiger partial charge is 0.247 e. The molecule has 1 saturated heterocycles. The molecule has 1 aromatic heterocycles. The van der Waals surface area contributed by atoms with Crippen molar-refractivity contribution in [2.45, 2.75) is 56.9 Å². The first-order valence-corrected chi connectivity index (χ1v) is 11.9. The van der Waals surface area contributed by atoms with Gasteiger partial charge in [0.25, 0.3) is 0 Å². The summed E-state index contributed by atoms with van der Waals surface area (Å²) in [5, 5.41) is 0. The Balaban J connectivity index is 1.77. The first-order valence-electron chi connectivity index (χ1n) is 10.5. The number of methoxy groups -OCH3 is 1. The van der Waals surface area contributed by atoms with Gasteiger partial charge in [0, 0.05) is 24.8 Å². The van der Waals surface area contributed by atoms with Crippen molar-refractivity contribution in [1.29, 1.82) is 0 Å². The van der Waals surface area contributed by atoms with Crippen molar-refractivity contribution in [3.05, 3.63) is 40.8 Å². The highest BCUT2D eigenvalue weighted by atomic mass is 32.2. The molecule has 8 nitrogen and oxygen atoms in total. The van der Waals surface area contributed by atoms with Gasteiger partial charge in [0.2, 0.25) is 15.9 Å². The minimum absolute atomic E-state index is 0.0318. The van der Waals surface area contributed by atoms with Crippen molar-refractivity contribution in [3.8, 4) is 5.75 Å². The van der Waals surface area contributed by atoms with Crippen molar-refractivity contribution in [2.75, 3.05) is 25.6 Å². The van der Waals surface area contributed by atoms with Gasteiger partial charge in [0.15, 0.2) is 0 Å². The highest BCUT2D eigenvalue weighted by Gasteiger charge is 2.40. The van der Waals surface area contributed by atoms with E-state index in [0.717, 1.165) is 16.8 Å². The Hall–Kier alpha value is -2.52. The molecule has 4 rings (SSSR count). The molecule has 0 unspecified atom stereocenters. The molecule has 31 heavy (non-hydrogen) atoms. The van der Waals surface area contributed by atoms with Crippen LogP contribution in [-0.2, 0) is 21.2 Å². The van der Waals surface area contributed by atoms with Crippen molar-refractivity contribution in [2.24, 2.45) is 0 Å². The Morgan fingerprint density at radius 1 is 1.23 bits per heavy atom. The highest BCUT2D eigenvalue weighted by molar-refractivity contribution is 7.89. The predicted octanol–water partition coefficient (Wildman–Crippen LogP) is 2.96. The molecular weight excluding hydrogens is 416 g/mol. The van der Waals surface area contributed by atoms with E-state index in [-0.39, 0.29) is 23.1 Å². The van der Waals surface area contributed by atoms with Gasteiger partial charge in [-0.2, -0.15) is 4.31 Å². The molecule has 9 heteroatoms. The fourth-order valence-corrected chi connectivity index (χ4v) is 6.14. The van der Waals surface area contributed by atoms with E-state index in [1.54, 1.807) is 19.2 Å². The summed E-state index contributed by atoms with van der Waals surface area (Å²) < 4.78 is 34.3. The van der Waals surface area contributed by atoms with Gasteiger partial charge in [0.05, 0.1) is 19.6 Å². The van der Waals surface area contributed by atoms with E-state index in [2.05, 4.69) is 9.97 Å². The van der Waals surface area contributed by atoms with Crippen molar-refractivity contribution in [1.82, 2.24) is 14.3 Å². The second-order valence-electron chi connectivity index (χ2n) is 8.44. The number of sulfonamides is 1. The molecule has 2 aliphatic heterocycles. The molecule has 0 radical (unpaired) electrons. The van der Waals surface area contributed by atoms with Crippen LogP contribution in [0.3, 0.4) is 0 Å². The molecule has 0 N–H and O–H groups in total. The number of carbonyl (C=O) groups excluding carboxylic acids is 1. The fraction of sp³-hybridized carbons (Fsp3) is 0.500. The molecule has 0 saturated carbocycles. The van der Waals surface area contributed by atoms with Crippen LogP contribution in [0.25, 0.3) is 0 Å². The summed E-state index contributed by atoms with van der Waals surface area (Å²) in [6.07, 6.45) is 1.62. The fourth-order valence-electron chi connectivity index (χ4n) is 4.29. The molecule has 0 aliphatic carbocycles. The number of amides is 1. The van der Waals surface area contributed by atoms with Crippen LogP contribution in [0.5, 0.6) is 5.75 Å². The second-order valence-corrected chi connectivity index (χ2v) is 10.3. The van der Waals surface area contributed by atoms with Crippen LogP contribution in [0.1, 0.15) is 61.3 Å². The molecule has 1 atom stereocenters. The molecule has 3 heterocycles.